The average molecular weight is 318 g/mol. The molecule has 1 atom stereocenters. The highest BCUT2D eigenvalue weighted by Crippen LogP contribution is 2.31. The van der Waals surface area contributed by atoms with Crippen LogP contribution in [0.2, 0.25) is 5.02 Å². The van der Waals surface area contributed by atoms with Gasteiger partial charge in [-0.3, -0.25) is 0 Å². The van der Waals surface area contributed by atoms with E-state index in [0.717, 1.165) is 22.8 Å². The standard InChI is InChI=1S/C16H16ClN3S/c1-2-13(16-5-3-10-21-16)19-14-11-12(17)6-7-15(14)20-9-4-8-18-20/h3-11,13,19H,2H2,1H3. The van der Waals surface area contributed by atoms with Crippen LogP contribution in [0.3, 0.4) is 0 Å². The third kappa shape index (κ3) is 3.12. The molecule has 1 unspecified atom stereocenters. The summed E-state index contributed by atoms with van der Waals surface area (Å²) >= 11 is 7.93. The van der Waals surface area contributed by atoms with E-state index >= 15 is 0 Å². The Hall–Kier alpha value is -1.78. The van der Waals surface area contributed by atoms with Gasteiger partial charge in [0.15, 0.2) is 0 Å². The molecular formula is C16H16ClN3S. The minimum Gasteiger partial charge on any atom is -0.376 e. The molecule has 0 radical (unpaired) electrons. The van der Waals surface area contributed by atoms with Crippen molar-refractivity contribution in [3.63, 3.8) is 0 Å². The molecule has 0 spiro atoms. The van der Waals surface area contributed by atoms with Gasteiger partial charge in [0.05, 0.1) is 17.4 Å². The predicted molar refractivity (Wildman–Crippen MR) is 89.5 cm³/mol. The lowest BCUT2D eigenvalue weighted by Crippen LogP contribution is -2.11. The molecule has 0 aliphatic heterocycles. The summed E-state index contributed by atoms with van der Waals surface area (Å²) in [5, 5.41) is 10.7. The first-order valence-corrected chi connectivity index (χ1v) is 8.13. The number of nitrogens with zero attached hydrogens (tertiary/aromatic N) is 2. The van der Waals surface area contributed by atoms with Crippen LogP contribution in [-0.4, -0.2) is 9.78 Å². The topological polar surface area (TPSA) is 29.9 Å². The number of anilines is 1. The van der Waals surface area contributed by atoms with Crippen molar-refractivity contribution in [2.45, 2.75) is 19.4 Å². The first-order valence-electron chi connectivity index (χ1n) is 6.87. The van der Waals surface area contributed by atoms with Gasteiger partial charge in [0.1, 0.15) is 0 Å². The molecule has 3 nitrogen and oxygen atoms in total. The Kier molecular flexibility index (Phi) is 4.27. The maximum Gasteiger partial charge on any atom is 0.0878 e. The lowest BCUT2D eigenvalue weighted by Gasteiger charge is -2.19. The van der Waals surface area contributed by atoms with Crippen molar-refractivity contribution in [3.05, 3.63) is 64.1 Å². The van der Waals surface area contributed by atoms with Crippen LogP contribution in [0.15, 0.2) is 54.2 Å². The van der Waals surface area contributed by atoms with E-state index in [0.29, 0.717) is 0 Å². The average Bonchev–Trinajstić information content (AvgIpc) is 3.18. The summed E-state index contributed by atoms with van der Waals surface area (Å²) < 4.78 is 1.85. The van der Waals surface area contributed by atoms with Gasteiger partial charge in [-0.05, 0) is 42.1 Å². The van der Waals surface area contributed by atoms with Crippen molar-refractivity contribution >= 4 is 28.6 Å². The maximum atomic E-state index is 6.16. The summed E-state index contributed by atoms with van der Waals surface area (Å²) in [6, 6.07) is 12.2. The second kappa shape index (κ2) is 6.33. The minimum atomic E-state index is 0.276. The van der Waals surface area contributed by atoms with Crippen LogP contribution in [0.4, 0.5) is 5.69 Å². The molecule has 108 valence electrons. The van der Waals surface area contributed by atoms with Crippen molar-refractivity contribution in [2.75, 3.05) is 5.32 Å². The number of benzene rings is 1. The van der Waals surface area contributed by atoms with Crippen molar-refractivity contribution in [3.8, 4) is 5.69 Å². The Morgan fingerprint density at radius 1 is 1.33 bits per heavy atom. The normalized spacial score (nSPS) is 12.3. The Morgan fingerprint density at radius 2 is 2.24 bits per heavy atom. The second-order valence-corrected chi connectivity index (χ2v) is 6.15. The van der Waals surface area contributed by atoms with Gasteiger partial charge in [0.25, 0.3) is 0 Å². The summed E-state index contributed by atoms with van der Waals surface area (Å²) in [6.45, 7) is 2.18. The highest BCUT2D eigenvalue weighted by molar-refractivity contribution is 7.10. The van der Waals surface area contributed by atoms with Gasteiger partial charge in [-0.2, -0.15) is 5.10 Å². The quantitative estimate of drug-likeness (QED) is 0.705. The molecule has 3 aromatic rings. The smallest absolute Gasteiger partial charge is 0.0878 e. The van der Waals surface area contributed by atoms with E-state index in [1.54, 1.807) is 17.5 Å². The Balaban J connectivity index is 1.96. The summed E-state index contributed by atoms with van der Waals surface area (Å²) in [7, 11) is 0. The number of thiophene rings is 1. The molecule has 0 saturated carbocycles. The maximum absolute atomic E-state index is 6.16. The number of aromatic nitrogens is 2. The molecule has 21 heavy (non-hydrogen) atoms. The highest BCUT2D eigenvalue weighted by atomic mass is 35.5. The minimum absolute atomic E-state index is 0.276. The van der Waals surface area contributed by atoms with E-state index in [1.807, 2.05) is 35.1 Å². The molecule has 3 rings (SSSR count). The van der Waals surface area contributed by atoms with Gasteiger partial charge >= 0.3 is 0 Å². The van der Waals surface area contributed by atoms with Gasteiger partial charge < -0.3 is 5.32 Å². The van der Waals surface area contributed by atoms with Gasteiger partial charge in [-0.1, -0.05) is 24.6 Å². The molecule has 5 heteroatoms. The van der Waals surface area contributed by atoms with Crippen LogP contribution in [-0.2, 0) is 0 Å². The van der Waals surface area contributed by atoms with Gasteiger partial charge in [0, 0.05) is 22.3 Å². The van der Waals surface area contributed by atoms with Gasteiger partial charge in [0.2, 0.25) is 0 Å². The molecule has 2 aromatic heterocycles. The summed E-state index contributed by atoms with van der Waals surface area (Å²) in [6.07, 6.45) is 4.71. The van der Waals surface area contributed by atoms with Crippen molar-refractivity contribution < 1.29 is 0 Å². The largest absolute Gasteiger partial charge is 0.376 e. The molecule has 0 amide bonds. The van der Waals surface area contributed by atoms with Crippen LogP contribution < -0.4 is 5.32 Å². The number of nitrogens with one attached hydrogen (secondary N) is 1. The molecule has 0 aliphatic rings. The summed E-state index contributed by atoms with van der Waals surface area (Å²) in [5.41, 5.74) is 1.99. The van der Waals surface area contributed by atoms with Gasteiger partial charge in [-0.25, -0.2) is 4.68 Å². The molecule has 1 N–H and O–H groups in total. The number of hydrogen-bond acceptors (Lipinski definition) is 3. The van der Waals surface area contributed by atoms with Gasteiger partial charge in [-0.15, -0.1) is 11.3 Å². The molecule has 0 fully saturated rings. The van der Waals surface area contributed by atoms with E-state index in [9.17, 15) is 0 Å². The second-order valence-electron chi connectivity index (χ2n) is 4.73. The first kappa shape index (κ1) is 14.2. The van der Waals surface area contributed by atoms with Crippen LogP contribution in [0.25, 0.3) is 5.69 Å². The summed E-state index contributed by atoms with van der Waals surface area (Å²) in [5.74, 6) is 0. The van der Waals surface area contributed by atoms with Crippen molar-refractivity contribution in [2.24, 2.45) is 0 Å². The van der Waals surface area contributed by atoms with E-state index in [1.165, 1.54) is 4.88 Å². The fraction of sp³-hybridized carbons (Fsp3) is 0.188. The Morgan fingerprint density at radius 3 is 2.90 bits per heavy atom. The monoisotopic (exact) mass is 317 g/mol. The van der Waals surface area contributed by atoms with Crippen LogP contribution in [0.5, 0.6) is 0 Å². The SMILES string of the molecule is CCC(Nc1cc(Cl)ccc1-n1cccn1)c1cccs1. The zero-order chi connectivity index (χ0) is 14.7. The summed E-state index contributed by atoms with van der Waals surface area (Å²) in [4.78, 5) is 1.32. The molecular weight excluding hydrogens is 302 g/mol. The third-order valence-electron chi connectivity index (χ3n) is 3.33. The van der Waals surface area contributed by atoms with Crippen molar-refractivity contribution in [1.29, 1.82) is 0 Å². The van der Waals surface area contributed by atoms with Crippen molar-refractivity contribution in [1.82, 2.24) is 9.78 Å². The zero-order valence-electron chi connectivity index (χ0n) is 11.7. The molecule has 0 bridgehead atoms. The fourth-order valence-corrected chi connectivity index (χ4v) is 3.32. The zero-order valence-corrected chi connectivity index (χ0v) is 13.2. The lowest BCUT2D eigenvalue weighted by molar-refractivity contribution is 0.760. The predicted octanol–water partition coefficient (Wildman–Crippen LogP) is 5.15. The molecule has 1 aromatic carbocycles. The van der Waals surface area contributed by atoms with Crippen LogP contribution in [0, 0.1) is 0 Å². The Bertz CT molecular complexity index is 692. The number of rotatable bonds is 5. The van der Waals surface area contributed by atoms with E-state index in [4.69, 9.17) is 11.6 Å². The molecule has 2 heterocycles. The van der Waals surface area contributed by atoms with Crippen LogP contribution in [0.1, 0.15) is 24.3 Å². The highest BCUT2D eigenvalue weighted by Gasteiger charge is 2.13. The molecule has 0 aliphatic carbocycles. The van der Waals surface area contributed by atoms with E-state index in [-0.39, 0.29) is 6.04 Å². The number of hydrogen-bond donors (Lipinski definition) is 1. The Labute approximate surface area is 133 Å². The lowest BCUT2D eigenvalue weighted by atomic mass is 10.1. The third-order valence-corrected chi connectivity index (χ3v) is 4.56. The van der Waals surface area contributed by atoms with E-state index in [2.05, 4.69) is 34.9 Å². The fourth-order valence-electron chi connectivity index (χ4n) is 2.29. The van der Waals surface area contributed by atoms with Crippen LogP contribution >= 0.6 is 22.9 Å². The number of halogens is 1. The van der Waals surface area contributed by atoms with E-state index < -0.39 is 0 Å². The molecule has 0 saturated heterocycles. The first-order chi connectivity index (χ1) is 10.3.